The summed E-state index contributed by atoms with van der Waals surface area (Å²) < 4.78 is 11.2. The molecule has 1 aromatic heterocycles. The highest BCUT2D eigenvalue weighted by atomic mass is 16.5. The molecule has 0 saturated carbocycles. The van der Waals surface area contributed by atoms with Crippen molar-refractivity contribution >= 4 is 28.5 Å². The molecule has 1 atom stereocenters. The highest BCUT2D eigenvalue weighted by Gasteiger charge is 2.29. The molecule has 0 spiro atoms. The fraction of sp³-hybridized carbons (Fsp3) is 0.370. The molecule has 0 fully saturated rings. The van der Waals surface area contributed by atoms with Gasteiger partial charge in [0, 0.05) is 41.8 Å². The van der Waals surface area contributed by atoms with Gasteiger partial charge in [-0.2, -0.15) is 0 Å². The number of aromatic nitrogens is 1. The van der Waals surface area contributed by atoms with Crippen LogP contribution in [0.15, 0.2) is 48.5 Å². The monoisotopic (exact) mass is 461 g/mol. The van der Waals surface area contributed by atoms with Gasteiger partial charge in [-0.05, 0) is 50.2 Å². The van der Waals surface area contributed by atoms with E-state index in [0.717, 1.165) is 47.4 Å². The number of carbonyl (C=O) groups is 2. The van der Waals surface area contributed by atoms with Gasteiger partial charge in [0.25, 0.3) is 5.91 Å². The van der Waals surface area contributed by atoms with Gasteiger partial charge < -0.3 is 14.8 Å². The number of carbonyl (C=O) groups excluding carboxylic acids is 2. The predicted octanol–water partition coefficient (Wildman–Crippen LogP) is 4.59. The summed E-state index contributed by atoms with van der Waals surface area (Å²) in [7, 11) is 0. The molecule has 4 rings (SSSR count). The number of fused-ring (bicyclic) bond motifs is 2. The van der Waals surface area contributed by atoms with E-state index in [2.05, 4.69) is 17.1 Å². The second kappa shape index (κ2) is 10.7. The minimum absolute atomic E-state index is 0.359. The van der Waals surface area contributed by atoms with Gasteiger partial charge in [0.2, 0.25) is 0 Å². The standard InChI is InChI=1S/C27H31N3O4/c1-4-24(26(31)28-18-11-13-19(14-12-18)33-6-3)34-27(32)25-20-9-7-8-10-22(20)29-23-15-16-30(5-2)17-21(23)25/h7-14,24H,4-6,15-17H2,1-3H3,(H,28,31). The number of rotatable bonds is 8. The first-order valence-electron chi connectivity index (χ1n) is 11.9. The number of esters is 1. The normalized spacial score (nSPS) is 14.3. The van der Waals surface area contributed by atoms with Gasteiger partial charge in [-0.25, -0.2) is 4.79 Å². The van der Waals surface area contributed by atoms with Crippen LogP contribution in [-0.2, 0) is 22.5 Å². The van der Waals surface area contributed by atoms with Crippen LogP contribution in [0.4, 0.5) is 5.69 Å². The molecule has 7 nitrogen and oxygen atoms in total. The number of para-hydroxylation sites is 1. The number of nitrogens with one attached hydrogen (secondary N) is 1. The Balaban J connectivity index is 1.58. The molecule has 1 aliphatic rings. The van der Waals surface area contributed by atoms with E-state index < -0.39 is 12.1 Å². The number of anilines is 1. The third-order valence-electron chi connectivity index (χ3n) is 6.12. The van der Waals surface area contributed by atoms with Gasteiger partial charge in [0.1, 0.15) is 5.75 Å². The lowest BCUT2D eigenvalue weighted by atomic mass is 9.95. The molecule has 3 aromatic rings. The van der Waals surface area contributed by atoms with Crippen molar-refractivity contribution < 1.29 is 19.1 Å². The summed E-state index contributed by atoms with van der Waals surface area (Å²) in [4.78, 5) is 33.5. The summed E-state index contributed by atoms with van der Waals surface area (Å²) in [5.74, 6) is -0.113. The molecule has 0 saturated heterocycles. The van der Waals surface area contributed by atoms with E-state index >= 15 is 0 Å². The van der Waals surface area contributed by atoms with Crippen LogP contribution >= 0.6 is 0 Å². The molecule has 2 heterocycles. The van der Waals surface area contributed by atoms with Crippen LogP contribution in [0.1, 0.15) is 48.8 Å². The Morgan fingerprint density at radius 3 is 2.56 bits per heavy atom. The minimum Gasteiger partial charge on any atom is -0.494 e. The van der Waals surface area contributed by atoms with Crippen LogP contribution < -0.4 is 10.1 Å². The topological polar surface area (TPSA) is 80.8 Å². The van der Waals surface area contributed by atoms with Gasteiger partial charge in [0.05, 0.1) is 17.7 Å². The van der Waals surface area contributed by atoms with Crippen LogP contribution in [-0.4, -0.2) is 47.6 Å². The molecule has 0 radical (unpaired) electrons. The number of amides is 1. The summed E-state index contributed by atoms with van der Waals surface area (Å²) in [5, 5.41) is 3.60. The SMILES string of the molecule is CCOc1ccc(NC(=O)C(CC)OC(=O)c2c3c(nc4ccccc24)CCN(CC)C3)cc1. The maximum atomic E-state index is 13.5. The Kier molecular flexibility index (Phi) is 7.43. The molecule has 1 unspecified atom stereocenters. The smallest absolute Gasteiger partial charge is 0.340 e. The van der Waals surface area contributed by atoms with E-state index in [1.165, 1.54) is 0 Å². The summed E-state index contributed by atoms with van der Waals surface area (Å²) in [6.07, 6.45) is 0.234. The van der Waals surface area contributed by atoms with Crippen molar-refractivity contribution in [2.75, 3.05) is 25.0 Å². The zero-order valence-electron chi connectivity index (χ0n) is 20.0. The third kappa shape index (κ3) is 5.04. The van der Waals surface area contributed by atoms with Crippen molar-refractivity contribution in [2.24, 2.45) is 0 Å². The zero-order valence-corrected chi connectivity index (χ0v) is 20.0. The Morgan fingerprint density at radius 2 is 1.85 bits per heavy atom. The van der Waals surface area contributed by atoms with E-state index in [9.17, 15) is 9.59 Å². The van der Waals surface area contributed by atoms with Crippen molar-refractivity contribution in [3.05, 3.63) is 65.4 Å². The molecule has 34 heavy (non-hydrogen) atoms. The van der Waals surface area contributed by atoms with Crippen molar-refractivity contribution in [1.82, 2.24) is 9.88 Å². The average Bonchev–Trinajstić information content (AvgIpc) is 2.86. The maximum absolute atomic E-state index is 13.5. The van der Waals surface area contributed by atoms with Gasteiger partial charge in [-0.1, -0.05) is 32.0 Å². The molecule has 1 amide bonds. The van der Waals surface area contributed by atoms with Crippen molar-refractivity contribution in [3.8, 4) is 5.75 Å². The number of benzene rings is 2. The van der Waals surface area contributed by atoms with Gasteiger partial charge in [0.15, 0.2) is 6.10 Å². The molecular formula is C27H31N3O4. The first kappa shape index (κ1) is 23.7. The van der Waals surface area contributed by atoms with Gasteiger partial charge in [-0.3, -0.25) is 14.7 Å². The maximum Gasteiger partial charge on any atom is 0.340 e. The van der Waals surface area contributed by atoms with Crippen molar-refractivity contribution in [2.45, 2.75) is 46.3 Å². The Bertz CT molecular complexity index is 1180. The minimum atomic E-state index is -0.910. The molecule has 1 aliphatic heterocycles. The first-order chi connectivity index (χ1) is 16.5. The highest BCUT2D eigenvalue weighted by Crippen LogP contribution is 2.29. The molecule has 7 heteroatoms. The molecule has 2 aromatic carbocycles. The number of hydrogen-bond donors (Lipinski definition) is 1. The van der Waals surface area contributed by atoms with Crippen LogP contribution in [0.3, 0.4) is 0 Å². The van der Waals surface area contributed by atoms with Crippen LogP contribution in [0.25, 0.3) is 10.9 Å². The second-order valence-corrected chi connectivity index (χ2v) is 8.30. The number of hydrogen-bond acceptors (Lipinski definition) is 6. The molecule has 1 N–H and O–H groups in total. The number of pyridine rings is 1. The fourth-order valence-electron chi connectivity index (χ4n) is 4.28. The quantitative estimate of drug-likeness (QED) is 0.495. The van der Waals surface area contributed by atoms with Crippen LogP contribution in [0, 0.1) is 0 Å². The first-order valence-corrected chi connectivity index (χ1v) is 11.9. The summed E-state index contributed by atoms with van der Waals surface area (Å²) in [6, 6.07) is 14.7. The van der Waals surface area contributed by atoms with Crippen LogP contribution in [0.5, 0.6) is 5.75 Å². The van der Waals surface area contributed by atoms with E-state index in [1.54, 1.807) is 24.3 Å². The lowest BCUT2D eigenvalue weighted by Crippen LogP contribution is -2.35. The van der Waals surface area contributed by atoms with E-state index in [1.807, 2.05) is 38.1 Å². The van der Waals surface area contributed by atoms with E-state index in [-0.39, 0.29) is 5.91 Å². The Hall–Kier alpha value is -3.45. The average molecular weight is 462 g/mol. The largest absolute Gasteiger partial charge is 0.494 e. The lowest BCUT2D eigenvalue weighted by Gasteiger charge is -2.29. The summed E-state index contributed by atoms with van der Waals surface area (Å²) in [6.45, 7) is 8.86. The Morgan fingerprint density at radius 1 is 1.09 bits per heavy atom. The molecule has 0 aliphatic carbocycles. The third-order valence-corrected chi connectivity index (χ3v) is 6.12. The van der Waals surface area contributed by atoms with Crippen molar-refractivity contribution in [3.63, 3.8) is 0 Å². The lowest BCUT2D eigenvalue weighted by molar-refractivity contribution is -0.124. The zero-order chi connectivity index (χ0) is 24.1. The Labute approximate surface area is 200 Å². The molecule has 178 valence electrons. The summed E-state index contributed by atoms with van der Waals surface area (Å²) >= 11 is 0. The molecule has 0 bridgehead atoms. The van der Waals surface area contributed by atoms with E-state index in [4.69, 9.17) is 14.5 Å². The summed E-state index contributed by atoms with van der Waals surface area (Å²) in [5.41, 5.74) is 3.74. The van der Waals surface area contributed by atoms with Gasteiger partial charge in [-0.15, -0.1) is 0 Å². The number of nitrogens with zero attached hydrogens (tertiary/aromatic N) is 2. The van der Waals surface area contributed by atoms with Crippen LogP contribution in [0.2, 0.25) is 0 Å². The fourth-order valence-corrected chi connectivity index (χ4v) is 4.28. The number of ether oxygens (including phenoxy) is 2. The van der Waals surface area contributed by atoms with Crippen molar-refractivity contribution in [1.29, 1.82) is 0 Å². The highest BCUT2D eigenvalue weighted by molar-refractivity contribution is 6.06. The molecular weight excluding hydrogens is 430 g/mol. The number of likely N-dealkylation sites (N-methyl/N-ethyl adjacent to an activating group) is 1. The van der Waals surface area contributed by atoms with E-state index in [0.29, 0.717) is 30.8 Å². The second-order valence-electron chi connectivity index (χ2n) is 8.30. The van der Waals surface area contributed by atoms with Gasteiger partial charge >= 0.3 is 5.97 Å². The predicted molar refractivity (Wildman–Crippen MR) is 132 cm³/mol.